The van der Waals surface area contributed by atoms with Crippen LogP contribution in [0.15, 0.2) is 48.8 Å². The largest absolute Gasteiger partial charge is 0.492 e. The van der Waals surface area contributed by atoms with E-state index in [0.717, 1.165) is 0 Å². The molecule has 0 aliphatic carbocycles. The van der Waals surface area contributed by atoms with Crippen molar-refractivity contribution in [3.63, 3.8) is 0 Å². The topological polar surface area (TPSA) is 84.2 Å². The minimum atomic E-state index is -1.02. The Bertz CT molecular complexity index is 1010. The standard InChI is InChI=1S/C22H24F2N4O2/c1-28(2)6-7-30-21-11-18(16-12-26-27-13-16)19(24)9-15(21)10-20(29)22(25)14-4-3-5-17(23)8-14/h3-5,8-9,11-13,22H,6-7,10,25H2,1-2H3,(H,26,27). The summed E-state index contributed by atoms with van der Waals surface area (Å²) in [5.74, 6) is -0.944. The third kappa shape index (κ3) is 5.28. The molecule has 3 aromatic rings. The monoisotopic (exact) mass is 414 g/mol. The average molecular weight is 414 g/mol. The zero-order chi connectivity index (χ0) is 21.7. The van der Waals surface area contributed by atoms with Crippen LogP contribution in [-0.4, -0.2) is 48.1 Å². The molecule has 0 aliphatic heterocycles. The molecular formula is C22H24F2N4O2. The van der Waals surface area contributed by atoms with Crippen LogP contribution in [0.2, 0.25) is 0 Å². The highest BCUT2D eigenvalue weighted by atomic mass is 19.1. The number of H-pyrrole nitrogens is 1. The van der Waals surface area contributed by atoms with E-state index in [1.165, 1.54) is 30.5 Å². The summed E-state index contributed by atoms with van der Waals surface area (Å²) < 4.78 is 34.1. The number of hydrogen-bond donors (Lipinski definition) is 2. The fourth-order valence-electron chi connectivity index (χ4n) is 3.01. The SMILES string of the molecule is CN(C)CCOc1cc(-c2cn[nH]c2)c(F)cc1CC(=O)C(N)c1cccc(F)c1. The molecule has 1 aromatic heterocycles. The third-order valence-corrected chi connectivity index (χ3v) is 4.67. The number of ether oxygens (including phenoxy) is 1. The van der Waals surface area contributed by atoms with Crippen LogP contribution in [-0.2, 0) is 11.2 Å². The van der Waals surface area contributed by atoms with Crippen molar-refractivity contribution in [3.8, 4) is 16.9 Å². The van der Waals surface area contributed by atoms with E-state index in [2.05, 4.69) is 10.2 Å². The first-order chi connectivity index (χ1) is 14.3. The Morgan fingerprint density at radius 2 is 2.07 bits per heavy atom. The number of nitrogens with two attached hydrogens (primary N) is 1. The zero-order valence-electron chi connectivity index (χ0n) is 16.9. The van der Waals surface area contributed by atoms with Crippen LogP contribution in [0.1, 0.15) is 17.2 Å². The third-order valence-electron chi connectivity index (χ3n) is 4.67. The van der Waals surface area contributed by atoms with E-state index in [0.29, 0.717) is 41.2 Å². The molecule has 0 saturated heterocycles. The van der Waals surface area contributed by atoms with Crippen LogP contribution in [0.25, 0.3) is 11.1 Å². The highest BCUT2D eigenvalue weighted by Gasteiger charge is 2.21. The van der Waals surface area contributed by atoms with Crippen LogP contribution in [0.4, 0.5) is 8.78 Å². The number of hydrogen-bond acceptors (Lipinski definition) is 5. The van der Waals surface area contributed by atoms with Crippen LogP contribution in [0.3, 0.4) is 0 Å². The minimum absolute atomic E-state index is 0.141. The van der Waals surface area contributed by atoms with Gasteiger partial charge in [-0.15, -0.1) is 0 Å². The van der Waals surface area contributed by atoms with Crippen molar-refractivity contribution in [1.82, 2.24) is 15.1 Å². The van der Waals surface area contributed by atoms with Crippen LogP contribution < -0.4 is 10.5 Å². The van der Waals surface area contributed by atoms with E-state index in [9.17, 15) is 13.6 Å². The van der Waals surface area contributed by atoms with E-state index in [4.69, 9.17) is 10.5 Å². The number of halogens is 2. The molecule has 0 bridgehead atoms. The van der Waals surface area contributed by atoms with Gasteiger partial charge in [-0.3, -0.25) is 9.89 Å². The first-order valence-electron chi connectivity index (χ1n) is 9.48. The molecule has 0 radical (unpaired) electrons. The van der Waals surface area contributed by atoms with Crippen molar-refractivity contribution in [2.24, 2.45) is 5.73 Å². The lowest BCUT2D eigenvalue weighted by molar-refractivity contribution is -0.119. The predicted octanol–water partition coefficient (Wildman–Crippen LogP) is 3.11. The summed E-state index contributed by atoms with van der Waals surface area (Å²) in [6, 6.07) is 7.40. The second-order valence-electron chi connectivity index (χ2n) is 7.25. The molecule has 3 rings (SSSR count). The highest BCUT2D eigenvalue weighted by Crippen LogP contribution is 2.31. The Morgan fingerprint density at radius 1 is 1.27 bits per heavy atom. The summed E-state index contributed by atoms with van der Waals surface area (Å²) in [6.07, 6.45) is 2.94. The molecule has 158 valence electrons. The maximum absolute atomic E-state index is 14.8. The van der Waals surface area contributed by atoms with Gasteiger partial charge in [-0.25, -0.2) is 8.78 Å². The first kappa shape index (κ1) is 21.6. The van der Waals surface area contributed by atoms with E-state index in [1.54, 1.807) is 18.3 Å². The number of carbonyl (C=O) groups excluding carboxylic acids is 1. The second kappa shape index (κ2) is 9.60. The molecule has 0 amide bonds. The summed E-state index contributed by atoms with van der Waals surface area (Å²) >= 11 is 0. The fraction of sp³-hybridized carbons (Fsp3) is 0.273. The van der Waals surface area contributed by atoms with Crippen LogP contribution >= 0.6 is 0 Å². The van der Waals surface area contributed by atoms with E-state index >= 15 is 0 Å². The summed E-state index contributed by atoms with van der Waals surface area (Å²) in [5.41, 5.74) is 7.65. The Kier molecular flexibility index (Phi) is 6.91. The number of rotatable bonds is 9. The molecule has 1 atom stereocenters. The number of ketones is 1. The molecule has 0 saturated carbocycles. The van der Waals surface area contributed by atoms with Gasteiger partial charge in [0, 0.05) is 35.9 Å². The summed E-state index contributed by atoms with van der Waals surface area (Å²) in [4.78, 5) is 14.7. The van der Waals surface area contributed by atoms with Crippen molar-refractivity contribution < 1.29 is 18.3 Å². The molecule has 1 unspecified atom stereocenters. The van der Waals surface area contributed by atoms with Gasteiger partial charge in [-0.1, -0.05) is 12.1 Å². The number of nitrogens with one attached hydrogen (secondary N) is 1. The van der Waals surface area contributed by atoms with Crippen LogP contribution in [0, 0.1) is 11.6 Å². The van der Waals surface area contributed by atoms with Crippen molar-refractivity contribution in [1.29, 1.82) is 0 Å². The number of Topliss-reactive ketones (excluding diaryl/α,β-unsaturated/α-hetero) is 1. The van der Waals surface area contributed by atoms with Crippen molar-refractivity contribution >= 4 is 5.78 Å². The Hall–Kier alpha value is -3.10. The lowest BCUT2D eigenvalue weighted by atomic mass is 9.96. The molecule has 8 heteroatoms. The quantitative estimate of drug-likeness (QED) is 0.562. The molecule has 0 fully saturated rings. The van der Waals surface area contributed by atoms with Gasteiger partial charge in [0.25, 0.3) is 0 Å². The number of aromatic amines is 1. The Morgan fingerprint density at radius 3 is 2.73 bits per heavy atom. The average Bonchev–Trinajstić information content (AvgIpc) is 3.23. The zero-order valence-corrected chi connectivity index (χ0v) is 16.9. The fourth-order valence-corrected chi connectivity index (χ4v) is 3.01. The normalized spacial score (nSPS) is 12.2. The van der Waals surface area contributed by atoms with E-state index < -0.39 is 17.7 Å². The summed E-state index contributed by atoms with van der Waals surface area (Å²) in [5, 5.41) is 6.50. The van der Waals surface area contributed by atoms with Crippen molar-refractivity contribution in [3.05, 3.63) is 71.6 Å². The van der Waals surface area contributed by atoms with Gasteiger partial charge in [-0.05, 0) is 43.9 Å². The molecule has 1 heterocycles. The lowest BCUT2D eigenvalue weighted by Crippen LogP contribution is -2.24. The predicted molar refractivity (Wildman–Crippen MR) is 110 cm³/mol. The van der Waals surface area contributed by atoms with Gasteiger partial charge in [0.2, 0.25) is 0 Å². The van der Waals surface area contributed by atoms with Gasteiger partial charge < -0.3 is 15.4 Å². The number of nitrogens with zero attached hydrogens (tertiary/aromatic N) is 2. The van der Waals surface area contributed by atoms with Gasteiger partial charge in [0.1, 0.15) is 24.0 Å². The van der Waals surface area contributed by atoms with E-state index in [1.807, 2.05) is 19.0 Å². The first-order valence-corrected chi connectivity index (χ1v) is 9.48. The molecule has 0 aliphatic rings. The lowest BCUT2D eigenvalue weighted by Gasteiger charge is -2.17. The Labute approximate surface area is 173 Å². The highest BCUT2D eigenvalue weighted by molar-refractivity contribution is 5.87. The molecule has 30 heavy (non-hydrogen) atoms. The van der Waals surface area contributed by atoms with Crippen LogP contribution in [0.5, 0.6) is 5.75 Å². The maximum atomic E-state index is 14.8. The van der Waals surface area contributed by atoms with Crippen molar-refractivity contribution in [2.45, 2.75) is 12.5 Å². The summed E-state index contributed by atoms with van der Waals surface area (Å²) in [6.45, 7) is 1.01. The molecule has 3 N–H and O–H groups in total. The van der Waals surface area contributed by atoms with Gasteiger partial charge >= 0.3 is 0 Å². The van der Waals surface area contributed by atoms with Gasteiger partial charge in [0.05, 0.1) is 12.2 Å². The number of carbonyl (C=O) groups is 1. The molecular weight excluding hydrogens is 390 g/mol. The van der Waals surface area contributed by atoms with Crippen molar-refractivity contribution in [2.75, 3.05) is 27.2 Å². The molecule has 6 nitrogen and oxygen atoms in total. The minimum Gasteiger partial charge on any atom is -0.492 e. The number of aromatic nitrogens is 2. The molecule has 2 aromatic carbocycles. The van der Waals surface area contributed by atoms with E-state index in [-0.39, 0.29) is 12.2 Å². The van der Waals surface area contributed by atoms with Gasteiger partial charge in [-0.2, -0.15) is 5.10 Å². The van der Waals surface area contributed by atoms with Gasteiger partial charge in [0.15, 0.2) is 5.78 Å². The summed E-state index contributed by atoms with van der Waals surface area (Å²) in [7, 11) is 3.82. The maximum Gasteiger partial charge on any atom is 0.158 e. The Balaban J connectivity index is 1.87. The smallest absolute Gasteiger partial charge is 0.158 e. The molecule has 0 spiro atoms. The number of likely N-dealkylation sites (N-methyl/N-ethyl adjacent to an activating group) is 1. The number of benzene rings is 2. The second-order valence-corrected chi connectivity index (χ2v) is 7.25.